The molecule has 1 aromatic heterocycles. The van der Waals surface area contributed by atoms with Crippen molar-refractivity contribution in [2.45, 2.75) is 46.3 Å². The first-order valence-electron chi connectivity index (χ1n) is 10.5. The van der Waals surface area contributed by atoms with E-state index in [0.29, 0.717) is 29.7 Å². The molecular formula is C24H30ClN3O2. The highest BCUT2D eigenvalue weighted by molar-refractivity contribution is 6.30. The lowest BCUT2D eigenvalue weighted by Crippen LogP contribution is -2.32. The summed E-state index contributed by atoms with van der Waals surface area (Å²) in [6, 6.07) is 17.3. The minimum Gasteiger partial charge on any atom is -0.439 e. The molecule has 0 saturated carbocycles. The van der Waals surface area contributed by atoms with Crippen LogP contribution in [-0.4, -0.2) is 39.0 Å². The van der Waals surface area contributed by atoms with E-state index in [1.807, 2.05) is 73.1 Å². The van der Waals surface area contributed by atoms with Crippen molar-refractivity contribution in [1.82, 2.24) is 14.7 Å². The van der Waals surface area contributed by atoms with Gasteiger partial charge in [-0.1, -0.05) is 43.6 Å². The Kier molecular flexibility index (Phi) is 7.91. The Morgan fingerprint density at radius 3 is 2.43 bits per heavy atom. The van der Waals surface area contributed by atoms with Crippen LogP contribution >= 0.6 is 11.6 Å². The van der Waals surface area contributed by atoms with Gasteiger partial charge in [-0.05, 0) is 62.7 Å². The highest BCUT2D eigenvalue weighted by Crippen LogP contribution is 2.32. The van der Waals surface area contributed by atoms with Crippen LogP contribution in [0, 0.1) is 6.92 Å². The van der Waals surface area contributed by atoms with Gasteiger partial charge in [0, 0.05) is 18.1 Å². The number of benzene rings is 2. The zero-order valence-corrected chi connectivity index (χ0v) is 18.6. The van der Waals surface area contributed by atoms with Crippen molar-refractivity contribution >= 4 is 11.6 Å². The summed E-state index contributed by atoms with van der Waals surface area (Å²) in [5.74, 6) is 1.39. The third kappa shape index (κ3) is 5.63. The lowest BCUT2D eigenvalue weighted by molar-refractivity contribution is 0.105. The lowest BCUT2D eigenvalue weighted by atomic mass is 10.2. The maximum absolute atomic E-state index is 10.2. The van der Waals surface area contributed by atoms with Crippen molar-refractivity contribution in [2.75, 3.05) is 13.1 Å². The third-order valence-corrected chi connectivity index (χ3v) is 5.28. The van der Waals surface area contributed by atoms with Gasteiger partial charge in [0.25, 0.3) is 0 Å². The van der Waals surface area contributed by atoms with Crippen LogP contribution in [0.5, 0.6) is 11.6 Å². The molecule has 3 rings (SSSR count). The number of hydrogen-bond donors (Lipinski definition) is 1. The Morgan fingerprint density at radius 2 is 1.80 bits per heavy atom. The van der Waals surface area contributed by atoms with Crippen molar-refractivity contribution in [3.05, 3.63) is 70.9 Å². The second-order valence-corrected chi connectivity index (χ2v) is 7.91. The van der Waals surface area contributed by atoms with Gasteiger partial charge >= 0.3 is 0 Å². The molecule has 2 aromatic carbocycles. The zero-order valence-electron chi connectivity index (χ0n) is 17.9. The van der Waals surface area contributed by atoms with Crippen LogP contribution in [0.15, 0.2) is 54.6 Å². The fourth-order valence-corrected chi connectivity index (χ4v) is 3.51. The number of rotatable bonds is 10. The average Bonchev–Trinajstić information content (AvgIpc) is 3.05. The summed E-state index contributed by atoms with van der Waals surface area (Å²) in [6.45, 7) is 8.34. The number of aryl methyl sites for hydroxylation is 1. The number of ether oxygens (including phenoxy) is 1. The monoisotopic (exact) mass is 427 g/mol. The molecule has 5 nitrogen and oxygen atoms in total. The molecule has 1 N–H and O–H groups in total. The molecule has 0 aliphatic carbocycles. The van der Waals surface area contributed by atoms with E-state index >= 15 is 0 Å². The smallest absolute Gasteiger partial charge is 0.227 e. The van der Waals surface area contributed by atoms with Crippen molar-refractivity contribution in [2.24, 2.45) is 0 Å². The first-order valence-corrected chi connectivity index (χ1v) is 10.9. The highest BCUT2D eigenvalue weighted by Gasteiger charge is 2.22. The number of aromatic nitrogens is 2. The SMILES string of the molecule is CCCN(Cc1c(C)nn(-c2ccccc2)c1Oc1ccc(Cl)cc1)C[C@@H](O)CC. The van der Waals surface area contributed by atoms with Gasteiger partial charge in [-0.25, -0.2) is 4.68 Å². The number of para-hydroxylation sites is 1. The second kappa shape index (κ2) is 10.6. The predicted octanol–water partition coefficient (Wildman–Crippen LogP) is 5.61. The summed E-state index contributed by atoms with van der Waals surface area (Å²) in [6.07, 6.45) is 1.40. The van der Waals surface area contributed by atoms with Crippen LogP contribution < -0.4 is 4.74 Å². The molecule has 0 aliphatic heterocycles. The first kappa shape index (κ1) is 22.3. The summed E-state index contributed by atoms with van der Waals surface area (Å²) in [4.78, 5) is 2.27. The summed E-state index contributed by atoms with van der Waals surface area (Å²) < 4.78 is 8.18. The van der Waals surface area contributed by atoms with E-state index in [-0.39, 0.29) is 6.10 Å². The van der Waals surface area contributed by atoms with Crippen LogP contribution in [0.3, 0.4) is 0 Å². The van der Waals surface area contributed by atoms with E-state index in [2.05, 4.69) is 11.8 Å². The third-order valence-electron chi connectivity index (χ3n) is 5.03. The topological polar surface area (TPSA) is 50.5 Å². The van der Waals surface area contributed by atoms with Crippen LogP contribution in [0.2, 0.25) is 5.02 Å². The molecule has 0 unspecified atom stereocenters. The van der Waals surface area contributed by atoms with Crippen LogP contribution in [0.4, 0.5) is 0 Å². The Balaban J connectivity index is 2.00. The van der Waals surface area contributed by atoms with Gasteiger partial charge in [0.1, 0.15) is 5.75 Å². The summed E-state index contributed by atoms with van der Waals surface area (Å²) >= 11 is 6.04. The van der Waals surface area contributed by atoms with Gasteiger partial charge in [-0.15, -0.1) is 0 Å². The predicted molar refractivity (Wildman–Crippen MR) is 122 cm³/mol. The Hall–Kier alpha value is -2.34. The van der Waals surface area contributed by atoms with Gasteiger partial charge in [0.2, 0.25) is 5.88 Å². The number of aliphatic hydroxyl groups is 1. The number of aliphatic hydroxyl groups excluding tert-OH is 1. The Bertz CT molecular complexity index is 926. The van der Waals surface area contributed by atoms with E-state index in [1.54, 1.807) is 0 Å². The standard InChI is InChI=1S/C24H30ClN3O2/c1-4-15-27(16-21(29)5-2)17-23-18(3)26-28(20-9-7-6-8-10-20)24(23)30-22-13-11-19(25)12-14-22/h6-14,21,29H,4-5,15-17H2,1-3H3/t21-/m0/s1. The van der Waals surface area contributed by atoms with E-state index in [4.69, 9.17) is 21.4 Å². The molecule has 30 heavy (non-hydrogen) atoms. The molecule has 1 atom stereocenters. The molecule has 0 bridgehead atoms. The molecule has 0 spiro atoms. The van der Waals surface area contributed by atoms with Crippen molar-refractivity contribution < 1.29 is 9.84 Å². The number of halogens is 1. The van der Waals surface area contributed by atoms with Crippen molar-refractivity contribution in [3.8, 4) is 17.3 Å². The van der Waals surface area contributed by atoms with Gasteiger partial charge < -0.3 is 9.84 Å². The van der Waals surface area contributed by atoms with E-state index in [0.717, 1.165) is 36.3 Å². The molecule has 0 aliphatic rings. The summed E-state index contributed by atoms with van der Waals surface area (Å²) in [5.41, 5.74) is 2.87. The van der Waals surface area contributed by atoms with Gasteiger partial charge in [0.15, 0.2) is 0 Å². The van der Waals surface area contributed by atoms with E-state index in [1.165, 1.54) is 0 Å². The number of hydrogen-bond acceptors (Lipinski definition) is 4. The van der Waals surface area contributed by atoms with Crippen molar-refractivity contribution in [1.29, 1.82) is 0 Å². The number of nitrogens with zero attached hydrogens (tertiary/aromatic N) is 3. The minimum atomic E-state index is -0.346. The minimum absolute atomic E-state index is 0.346. The molecule has 0 saturated heterocycles. The lowest BCUT2D eigenvalue weighted by Gasteiger charge is -2.24. The zero-order chi connectivity index (χ0) is 21.5. The van der Waals surface area contributed by atoms with Crippen LogP contribution in [-0.2, 0) is 6.54 Å². The molecule has 0 radical (unpaired) electrons. The summed E-state index contributed by atoms with van der Waals surface area (Å²) in [5, 5.41) is 15.7. The van der Waals surface area contributed by atoms with Gasteiger partial charge in [0.05, 0.1) is 23.0 Å². The normalized spacial score (nSPS) is 12.3. The van der Waals surface area contributed by atoms with Crippen LogP contribution in [0.1, 0.15) is 37.9 Å². The average molecular weight is 428 g/mol. The quantitative estimate of drug-likeness (QED) is 0.457. The first-order chi connectivity index (χ1) is 14.5. The van der Waals surface area contributed by atoms with E-state index < -0.39 is 0 Å². The maximum Gasteiger partial charge on any atom is 0.227 e. The highest BCUT2D eigenvalue weighted by atomic mass is 35.5. The molecule has 6 heteroatoms. The molecule has 160 valence electrons. The van der Waals surface area contributed by atoms with Gasteiger partial charge in [-0.3, -0.25) is 4.90 Å². The molecule has 0 fully saturated rings. The van der Waals surface area contributed by atoms with E-state index in [9.17, 15) is 5.11 Å². The Labute approximate surface area is 183 Å². The largest absolute Gasteiger partial charge is 0.439 e. The van der Waals surface area contributed by atoms with Crippen molar-refractivity contribution in [3.63, 3.8) is 0 Å². The Morgan fingerprint density at radius 1 is 1.10 bits per heavy atom. The fourth-order valence-electron chi connectivity index (χ4n) is 3.39. The van der Waals surface area contributed by atoms with Gasteiger partial charge in [-0.2, -0.15) is 5.10 Å². The van der Waals surface area contributed by atoms with Crippen LogP contribution in [0.25, 0.3) is 5.69 Å². The molecule has 1 heterocycles. The summed E-state index contributed by atoms with van der Waals surface area (Å²) in [7, 11) is 0. The fraction of sp³-hybridized carbons (Fsp3) is 0.375. The molecular weight excluding hydrogens is 398 g/mol. The maximum atomic E-state index is 10.2. The molecule has 0 amide bonds. The second-order valence-electron chi connectivity index (χ2n) is 7.47. The molecule has 3 aromatic rings.